The Kier molecular flexibility index (Phi) is 5.34. The number of hydrogen-bond acceptors (Lipinski definition) is 4. The molecule has 1 saturated heterocycles. The summed E-state index contributed by atoms with van der Waals surface area (Å²) in [5, 5.41) is 2.71. The molecule has 1 aliphatic rings. The lowest BCUT2D eigenvalue weighted by Gasteiger charge is -2.37. The summed E-state index contributed by atoms with van der Waals surface area (Å²) in [5.74, 6) is -0.247. The number of amides is 2. The van der Waals surface area contributed by atoms with Crippen molar-refractivity contribution in [3.63, 3.8) is 0 Å². The summed E-state index contributed by atoms with van der Waals surface area (Å²) in [6.45, 7) is 3.92. The number of nitrogens with one attached hydrogen (secondary N) is 1. The fourth-order valence-corrected chi connectivity index (χ4v) is 2.83. The molecule has 1 heterocycles. The molecule has 0 aliphatic carbocycles. The summed E-state index contributed by atoms with van der Waals surface area (Å²) in [7, 11) is -3.04. The van der Waals surface area contributed by atoms with Crippen LogP contribution in [0, 0.1) is 0 Å². The Morgan fingerprint density at radius 3 is 2.47 bits per heavy atom. The topological polar surface area (TPSA) is 83.6 Å². The van der Waals surface area contributed by atoms with Crippen LogP contribution in [0.3, 0.4) is 0 Å². The molecule has 1 rings (SSSR count). The number of nitrogens with zero attached hydrogens (tertiary/aromatic N) is 1. The van der Waals surface area contributed by atoms with E-state index < -0.39 is 21.9 Å². The maximum atomic E-state index is 12.2. The Morgan fingerprint density at radius 2 is 1.95 bits per heavy atom. The van der Waals surface area contributed by atoms with Gasteiger partial charge in [0.25, 0.3) is 0 Å². The van der Waals surface area contributed by atoms with E-state index in [4.69, 9.17) is 0 Å². The van der Waals surface area contributed by atoms with Crippen LogP contribution in [0.1, 0.15) is 33.1 Å². The van der Waals surface area contributed by atoms with Crippen molar-refractivity contribution in [2.75, 3.05) is 18.6 Å². The van der Waals surface area contributed by atoms with Crippen LogP contribution in [0.25, 0.3) is 0 Å². The first-order chi connectivity index (χ1) is 8.76. The number of rotatable bonds is 6. The number of sulfone groups is 1. The minimum Gasteiger partial charge on any atom is -0.343 e. The zero-order chi connectivity index (χ0) is 14.6. The lowest BCUT2D eigenvalue weighted by atomic mass is 10.0. The van der Waals surface area contributed by atoms with Crippen LogP contribution >= 0.6 is 0 Å². The Bertz CT molecular complexity index is 447. The van der Waals surface area contributed by atoms with Crippen LogP contribution in [0.2, 0.25) is 0 Å². The highest BCUT2D eigenvalue weighted by Crippen LogP contribution is 2.13. The molecule has 0 saturated carbocycles. The normalized spacial score (nSPS) is 24.5. The van der Waals surface area contributed by atoms with Gasteiger partial charge in [0.15, 0.2) is 0 Å². The second kappa shape index (κ2) is 6.36. The van der Waals surface area contributed by atoms with Crippen LogP contribution in [0.15, 0.2) is 0 Å². The molecule has 7 heteroatoms. The molecule has 0 bridgehead atoms. The molecule has 1 fully saturated rings. The predicted octanol–water partition coefficient (Wildman–Crippen LogP) is -0.0633. The first-order valence-electron chi connectivity index (χ1n) is 6.55. The Labute approximate surface area is 114 Å². The quantitative estimate of drug-likeness (QED) is 0.742. The first-order valence-corrected chi connectivity index (χ1v) is 8.61. The van der Waals surface area contributed by atoms with Crippen LogP contribution in [-0.4, -0.2) is 55.8 Å². The monoisotopic (exact) mass is 290 g/mol. The lowest BCUT2D eigenvalue weighted by molar-refractivity contribution is -0.148. The molecule has 2 unspecified atom stereocenters. The van der Waals surface area contributed by atoms with Crippen molar-refractivity contribution in [3.8, 4) is 0 Å². The molecule has 0 aromatic heterocycles. The van der Waals surface area contributed by atoms with Crippen LogP contribution in [0.5, 0.6) is 0 Å². The average Bonchev–Trinajstić information content (AvgIpc) is 2.29. The standard InChI is InChI=1S/C12H22N2O4S/c1-4-6-10-12(16)14(9(2)11(15)13-10)7-5-8-19(3,17)18/h9-10H,4-8H2,1-3H3,(H,13,15). The van der Waals surface area contributed by atoms with Gasteiger partial charge in [-0.2, -0.15) is 0 Å². The molecule has 19 heavy (non-hydrogen) atoms. The van der Waals surface area contributed by atoms with E-state index in [0.29, 0.717) is 19.4 Å². The van der Waals surface area contributed by atoms with E-state index in [9.17, 15) is 18.0 Å². The van der Waals surface area contributed by atoms with Crippen molar-refractivity contribution >= 4 is 21.7 Å². The molecule has 110 valence electrons. The van der Waals surface area contributed by atoms with Crippen molar-refractivity contribution in [2.45, 2.75) is 45.2 Å². The summed E-state index contributed by atoms with van der Waals surface area (Å²) >= 11 is 0. The van der Waals surface area contributed by atoms with Crippen molar-refractivity contribution in [2.24, 2.45) is 0 Å². The predicted molar refractivity (Wildman–Crippen MR) is 72.3 cm³/mol. The maximum Gasteiger partial charge on any atom is 0.245 e. The summed E-state index contributed by atoms with van der Waals surface area (Å²) in [5.41, 5.74) is 0. The van der Waals surface area contributed by atoms with Crippen molar-refractivity contribution in [1.82, 2.24) is 10.2 Å². The van der Waals surface area contributed by atoms with Gasteiger partial charge >= 0.3 is 0 Å². The van der Waals surface area contributed by atoms with E-state index in [1.54, 1.807) is 6.92 Å². The highest BCUT2D eigenvalue weighted by Gasteiger charge is 2.37. The molecule has 0 spiro atoms. The Hall–Kier alpha value is -1.11. The van der Waals surface area contributed by atoms with Crippen LogP contribution < -0.4 is 5.32 Å². The van der Waals surface area contributed by atoms with Gasteiger partial charge in [0.2, 0.25) is 11.8 Å². The highest BCUT2D eigenvalue weighted by molar-refractivity contribution is 7.90. The van der Waals surface area contributed by atoms with Crippen LogP contribution in [-0.2, 0) is 19.4 Å². The third-order valence-electron chi connectivity index (χ3n) is 3.24. The minimum absolute atomic E-state index is 0.0313. The maximum absolute atomic E-state index is 12.2. The van der Waals surface area contributed by atoms with E-state index in [2.05, 4.69) is 5.32 Å². The number of carbonyl (C=O) groups excluding carboxylic acids is 2. The number of piperazine rings is 1. The highest BCUT2D eigenvalue weighted by atomic mass is 32.2. The average molecular weight is 290 g/mol. The van der Waals surface area contributed by atoms with Crippen LogP contribution in [0.4, 0.5) is 0 Å². The summed E-state index contributed by atoms with van der Waals surface area (Å²) in [6.07, 6.45) is 2.95. The Balaban J connectivity index is 2.67. The summed E-state index contributed by atoms with van der Waals surface area (Å²) in [6, 6.07) is -0.993. The summed E-state index contributed by atoms with van der Waals surface area (Å²) in [4.78, 5) is 25.5. The van der Waals surface area contributed by atoms with Gasteiger partial charge in [-0.25, -0.2) is 8.42 Å². The molecule has 2 atom stereocenters. The third-order valence-corrected chi connectivity index (χ3v) is 4.27. The van der Waals surface area contributed by atoms with E-state index in [1.807, 2.05) is 6.92 Å². The number of carbonyl (C=O) groups is 2. The largest absolute Gasteiger partial charge is 0.343 e. The van der Waals surface area contributed by atoms with E-state index in [-0.39, 0.29) is 17.6 Å². The van der Waals surface area contributed by atoms with Gasteiger partial charge in [-0.15, -0.1) is 0 Å². The van der Waals surface area contributed by atoms with Crippen molar-refractivity contribution in [1.29, 1.82) is 0 Å². The van der Waals surface area contributed by atoms with E-state index in [0.717, 1.165) is 6.42 Å². The van der Waals surface area contributed by atoms with E-state index in [1.165, 1.54) is 11.2 Å². The second-order valence-electron chi connectivity index (χ2n) is 5.04. The van der Waals surface area contributed by atoms with E-state index >= 15 is 0 Å². The third kappa shape index (κ3) is 4.49. The van der Waals surface area contributed by atoms with Gasteiger partial charge in [0.05, 0.1) is 5.75 Å². The van der Waals surface area contributed by atoms with Crippen molar-refractivity contribution in [3.05, 3.63) is 0 Å². The molecule has 0 aromatic rings. The SMILES string of the molecule is CCCC1NC(=O)C(C)N(CCCS(C)(=O)=O)C1=O. The first kappa shape index (κ1) is 15.9. The van der Waals surface area contributed by atoms with Gasteiger partial charge < -0.3 is 10.2 Å². The minimum atomic E-state index is -3.04. The Morgan fingerprint density at radius 1 is 1.32 bits per heavy atom. The van der Waals surface area contributed by atoms with Gasteiger partial charge in [-0.3, -0.25) is 9.59 Å². The van der Waals surface area contributed by atoms with Crippen molar-refractivity contribution < 1.29 is 18.0 Å². The molecule has 6 nitrogen and oxygen atoms in total. The second-order valence-corrected chi connectivity index (χ2v) is 7.30. The fraction of sp³-hybridized carbons (Fsp3) is 0.833. The number of hydrogen-bond donors (Lipinski definition) is 1. The smallest absolute Gasteiger partial charge is 0.245 e. The zero-order valence-corrected chi connectivity index (χ0v) is 12.5. The zero-order valence-electron chi connectivity index (χ0n) is 11.7. The van der Waals surface area contributed by atoms with Gasteiger partial charge in [-0.05, 0) is 19.8 Å². The van der Waals surface area contributed by atoms with Gasteiger partial charge in [-0.1, -0.05) is 13.3 Å². The summed E-state index contributed by atoms with van der Waals surface area (Å²) < 4.78 is 22.2. The van der Waals surface area contributed by atoms with Gasteiger partial charge in [0.1, 0.15) is 21.9 Å². The van der Waals surface area contributed by atoms with Gasteiger partial charge in [0, 0.05) is 12.8 Å². The molecule has 0 radical (unpaired) electrons. The molecule has 0 aromatic carbocycles. The molecular weight excluding hydrogens is 268 g/mol. The molecular formula is C12H22N2O4S. The molecule has 1 aliphatic heterocycles. The lowest BCUT2D eigenvalue weighted by Crippen LogP contribution is -2.62. The molecule has 1 N–H and O–H groups in total. The fourth-order valence-electron chi connectivity index (χ4n) is 2.17. The molecule has 2 amide bonds.